The molecule has 9 rings (SSSR count). The molecule has 0 amide bonds. The summed E-state index contributed by atoms with van der Waals surface area (Å²) in [5.74, 6) is 0. The van der Waals surface area contributed by atoms with Crippen molar-refractivity contribution in [3.05, 3.63) is 212 Å². The molecule has 0 heterocycles. The molecule has 0 unspecified atom stereocenters. The first-order valence-corrected chi connectivity index (χ1v) is 16.9. The Morgan fingerprint density at radius 1 is 0.353 bits per heavy atom. The second-order valence-electron chi connectivity index (χ2n) is 12.3. The van der Waals surface area contributed by atoms with Crippen molar-refractivity contribution in [3.8, 4) is 44.5 Å². The summed E-state index contributed by atoms with van der Waals surface area (Å²) in [5.41, 5.74) is 5.25. The Morgan fingerprint density at radius 3 is 1.75 bits per heavy atom. The van der Waals surface area contributed by atoms with Crippen molar-refractivity contribution in [1.82, 2.24) is 0 Å². The van der Waals surface area contributed by atoms with E-state index in [1.54, 1.807) is 42.5 Å². The topological polar surface area (TPSA) is 3.24 Å². The third-order valence-corrected chi connectivity index (χ3v) is 9.20. The number of nitrogens with zero attached hydrogens (tertiary/aromatic N) is 1. The summed E-state index contributed by atoms with van der Waals surface area (Å²) < 4.78 is 74.4. The highest BCUT2D eigenvalue weighted by atomic mass is 15.1. The quantitative estimate of drug-likeness (QED) is 0.165. The lowest BCUT2D eigenvalue weighted by atomic mass is 9.90. The van der Waals surface area contributed by atoms with E-state index in [-0.39, 0.29) is 58.8 Å². The molecule has 0 N–H and O–H groups in total. The van der Waals surface area contributed by atoms with Crippen LogP contribution in [0.4, 0.5) is 17.1 Å². The smallest absolute Gasteiger partial charge is 0.0651 e. The number of hydrogen-bond acceptors (Lipinski definition) is 1. The second-order valence-corrected chi connectivity index (χ2v) is 12.3. The molecule has 1 heteroatoms. The molecule has 9 aromatic rings. The maximum absolute atomic E-state index is 9.72. The van der Waals surface area contributed by atoms with Gasteiger partial charge in [-0.25, -0.2) is 0 Å². The molecule has 0 bridgehead atoms. The van der Waals surface area contributed by atoms with Crippen molar-refractivity contribution in [2.75, 3.05) is 4.90 Å². The first kappa shape index (κ1) is 22.8. The summed E-state index contributed by atoms with van der Waals surface area (Å²) in [7, 11) is 0. The highest BCUT2D eigenvalue weighted by Gasteiger charge is 2.16. The summed E-state index contributed by atoms with van der Waals surface area (Å²) in [6.07, 6.45) is 0. The van der Waals surface area contributed by atoms with Crippen LogP contribution in [-0.2, 0) is 0 Å². The van der Waals surface area contributed by atoms with Crippen molar-refractivity contribution < 1.29 is 11.0 Å². The maximum Gasteiger partial charge on any atom is 0.0651 e. The van der Waals surface area contributed by atoms with Crippen LogP contribution >= 0.6 is 0 Å². The van der Waals surface area contributed by atoms with Crippen molar-refractivity contribution in [2.24, 2.45) is 0 Å². The predicted molar refractivity (Wildman–Crippen MR) is 218 cm³/mol. The van der Waals surface area contributed by atoms with E-state index in [9.17, 15) is 8.22 Å². The monoisotopic (exact) mass is 657 g/mol. The van der Waals surface area contributed by atoms with Gasteiger partial charge in [-0.15, -0.1) is 0 Å². The maximum atomic E-state index is 9.72. The molecule has 0 aliphatic rings. The van der Waals surface area contributed by atoms with Gasteiger partial charge in [0.05, 0.1) is 11.0 Å². The average molecular weight is 658 g/mol. The SMILES string of the molecule is [2H]c1c([2H])c(-c2ccc3ccccc3c2)c([2H])c(N(c2ccc(-c3ccc4ccccc4c3-c3ccccc3)cc2)c2c([2H])c([2H])c(-c3ccccc3)c([2H])c2[2H])c1[2H]. The van der Waals surface area contributed by atoms with Crippen LogP contribution in [0.3, 0.4) is 0 Å². The van der Waals surface area contributed by atoms with E-state index in [0.717, 1.165) is 43.8 Å². The van der Waals surface area contributed by atoms with Crippen LogP contribution in [0.15, 0.2) is 212 Å². The lowest BCUT2D eigenvalue weighted by molar-refractivity contribution is 1.28. The minimum atomic E-state index is -0.446. The van der Waals surface area contributed by atoms with Crippen LogP contribution in [0.1, 0.15) is 11.0 Å². The largest absolute Gasteiger partial charge is 0.310 e. The lowest BCUT2D eigenvalue weighted by Gasteiger charge is -2.26. The Labute approximate surface area is 310 Å². The molecule has 51 heavy (non-hydrogen) atoms. The zero-order valence-corrected chi connectivity index (χ0v) is 27.5. The van der Waals surface area contributed by atoms with Gasteiger partial charge < -0.3 is 4.90 Å². The first-order valence-electron chi connectivity index (χ1n) is 20.9. The van der Waals surface area contributed by atoms with E-state index in [1.807, 2.05) is 84.9 Å². The Hall–Kier alpha value is -6.70. The Morgan fingerprint density at radius 2 is 0.980 bits per heavy atom. The van der Waals surface area contributed by atoms with E-state index >= 15 is 0 Å². The highest BCUT2D eigenvalue weighted by Crippen LogP contribution is 2.41. The fraction of sp³-hybridized carbons (Fsp3) is 0. The van der Waals surface area contributed by atoms with E-state index < -0.39 is 12.1 Å². The van der Waals surface area contributed by atoms with Crippen molar-refractivity contribution in [2.45, 2.75) is 0 Å². The van der Waals surface area contributed by atoms with Gasteiger partial charge in [-0.05, 0) is 108 Å². The molecule has 0 fully saturated rings. The molecule has 1 nitrogen and oxygen atoms in total. The average Bonchev–Trinajstić information content (AvgIpc) is 3.27. The normalized spacial score (nSPS) is 13.3. The molecular formula is C50H35N. The molecule has 9 aromatic carbocycles. The zero-order valence-electron chi connectivity index (χ0n) is 35.5. The van der Waals surface area contributed by atoms with Crippen LogP contribution in [0.25, 0.3) is 66.1 Å². The summed E-state index contributed by atoms with van der Waals surface area (Å²) in [5, 5.41) is 4.02. The van der Waals surface area contributed by atoms with E-state index in [1.165, 1.54) is 4.90 Å². The summed E-state index contributed by atoms with van der Waals surface area (Å²) in [4.78, 5) is 1.39. The molecule has 0 aliphatic heterocycles. The molecular weight excluding hydrogens is 615 g/mol. The number of anilines is 3. The lowest BCUT2D eigenvalue weighted by Crippen LogP contribution is -2.10. The molecule has 0 atom stereocenters. The summed E-state index contributed by atoms with van der Waals surface area (Å²) in [6.45, 7) is 0. The van der Waals surface area contributed by atoms with Gasteiger partial charge in [-0.3, -0.25) is 0 Å². The Bertz CT molecular complexity index is 3050. The standard InChI is InChI=1S/C50H35N/c1-3-12-36(13-4-1)38-24-29-45(30-25-38)51(47-20-11-19-43(35-47)44-23-22-37-14-7-8-18-42(37)34-44)46-31-26-40(27-32-46)49-33-28-39-15-9-10-21-48(39)50(49)41-16-5-2-6-17-41/h1-35H/i11D,19D,20D,24D,25D,29D,30D,35D. The summed E-state index contributed by atoms with van der Waals surface area (Å²) in [6, 6.07) is 49.3. The minimum absolute atomic E-state index is 0.119. The highest BCUT2D eigenvalue weighted by molar-refractivity contribution is 6.04. The molecule has 0 saturated heterocycles. The van der Waals surface area contributed by atoms with Crippen molar-refractivity contribution in [1.29, 1.82) is 0 Å². The number of fused-ring (bicyclic) bond motifs is 2. The van der Waals surface area contributed by atoms with Gasteiger partial charge in [0.15, 0.2) is 0 Å². The second kappa shape index (κ2) is 13.3. The van der Waals surface area contributed by atoms with Crippen molar-refractivity contribution in [3.63, 3.8) is 0 Å². The minimum Gasteiger partial charge on any atom is -0.310 e. The zero-order chi connectivity index (χ0) is 40.9. The van der Waals surface area contributed by atoms with Gasteiger partial charge in [0.1, 0.15) is 0 Å². The van der Waals surface area contributed by atoms with Crippen LogP contribution < -0.4 is 4.90 Å². The van der Waals surface area contributed by atoms with Gasteiger partial charge in [0.2, 0.25) is 0 Å². The van der Waals surface area contributed by atoms with Crippen LogP contribution in [0.2, 0.25) is 0 Å². The summed E-state index contributed by atoms with van der Waals surface area (Å²) >= 11 is 0. The fourth-order valence-electron chi connectivity index (χ4n) is 6.69. The van der Waals surface area contributed by atoms with Crippen LogP contribution in [-0.4, -0.2) is 0 Å². The number of rotatable bonds is 7. The van der Waals surface area contributed by atoms with Gasteiger partial charge >= 0.3 is 0 Å². The van der Waals surface area contributed by atoms with Crippen LogP contribution in [0.5, 0.6) is 0 Å². The number of benzene rings is 9. The van der Waals surface area contributed by atoms with E-state index in [2.05, 4.69) is 36.4 Å². The number of hydrogen-bond donors (Lipinski definition) is 0. The van der Waals surface area contributed by atoms with Gasteiger partial charge in [-0.2, -0.15) is 0 Å². The Kier molecular flexibility index (Phi) is 5.96. The van der Waals surface area contributed by atoms with Crippen molar-refractivity contribution >= 4 is 38.6 Å². The molecule has 0 saturated carbocycles. The first-order chi connectivity index (χ1) is 28.6. The molecule has 0 aliphatic carbocycles. The molecule has 0 spiro atoms. The van der Waals surface area contributed by atoms with Gasteiger partial charge in [-0.1, -0.05) is 170 Å². The molecule has 0 aromatic heterocycles. The fourth-order valence-corrected chi connectivity index (χ4v) is 6.69. The van der Waals surface area contributed by atoms with E-state index in [0.29, 0.717) is 16.8 Å². The third-order valence-electron chi connectivity index (χ3n) is 9.20. The Balaban J connectivity index is 1.30. The predicted octanol–water partition coefficient (Wildman–Crippen LogP) is 14.1. The molecule has 0 radical (unpaired) electrons. The third kappa shape index (κ3) is 5.96. The van der Waals surface area contributed by atoms with E-state index in [4.69, 9.17) is 2.74 Å². The molecule has 240 valence electrons. The van der Waals surface area contributed by atoms with Gasteiger partial charge in [0, 0.05) is 17.1 Å². The van der Waals surface area contributed by atoms with Gasteiger partial charge in [0.25, 0.3) is 0 Å². The van der Waals surface area contributed by atoms with Crippen LogP contribution in [0, 0.1) is 0 Å².